The molecule has 1 aliphatic rings. The zero-order valence-corrected chi connectivity index (χ0v) is 38.9. The number of aromatic nitrogens is 4. The van der Waals surface area contributed by atoms with Crippen LogP contribution in [0.15, 0.2) is 12.7 Å². The van der Waals surface area contributed by atoms with E-state index in [4.69, 9.17) is 19.5 Å². The number of rotatable bonds is 25. The Hall–Kier alpha value is -0.804. The van der Waals surface area contributed by atoms with Gasteiger partial charge in [0.15, 0.2) is 22.8 Å². The van der Waals surface area contributed by atoms with Crippen molar-refractivity contribution in [2.45, 2.75) is 96.4 Å². The average molecular weight is 933 g/mol. The number of ether oxygens (including phenoxy) is 1. The van der Waals surface area contributed by atoms with Gasteiger partial charge in [-0.05, 0) is 6.42 Å². The molecular weight excluding hydrogens is 882 g/mol. The number of nitrogens with two attached hydrogens (primary N) is 1. The average Bonchev–Trinajstić information content (AvgIpc) is 3.68. The number of unbranched alkanes of at least 4 members (excludes halogenated alkanes) is 4. The molecule has 1 radical (unpaired) electrons. The Morgan fingerprint density at radius 2 is 1.67 bits per heavy atom. The van der Waals surface area contributed by atoms with Gasteiger partial charge >= 0.3 is 23.5 Å². The van der Waals surface area contributed by atoms with Crippen molar-refractivity contribution in [1.29, 1.82) is 0 Å². The van der Waals surface area contributed by atoms with Gasteiger partial charge in [0.1, 0.15) is 36.3 Å². The van der Waals surface area contributed by atoms with Crippen molar-refractivity contribution >= 4 is 121 Å². The van der Waals surface area contributed by atoms with Gasteiger partial charge in [0.2, 0.25) is 11.8 Å². The predicted molar refractivity (Wildman–Crippen MR) is 206 cm³/mol. The van der Waals surface area contributed by atoms with E-state index < -0.39 is 84.6 Å². The summed E-state index contributed by atoms with van der Waals surface area (Å²) < 4.78 is 62.1. The van der Waals surface area contributed by atoms with Crippen molar-refractivity contribution in [3.63, 3.8) is 0 Å². The second-order valence-electron chi connectivity index (χ2n) is 13.5. The molecule has 0 saturated carbocycles. The Bertz CT molecular complexity index is 1820. The molecule has 7 unspecified atom stereocenters. The van der Waals surface area contributed by atoms with E-state index in [-0.39, 0.29) is 93.0 Å². The predicted octanol–water partition coefficient (Wildman–Crippen LogP) is 0.644. The number of imidazole rings is 1. The number of aliphatic hydroxyl groups is 2. The molecule has 0 bridgehead atoms. The molecule has 2 aromatic rings. The molecule has 3 heterocycles. The molecule has 0 aromatic carbocycles. The quantitative estimate of drug-likeness (QED) is 0.0375. The number of phosphoric acid groups is 3. The van der Waals surface area contributed by atoms with Crippen LogP contribution in [0.25, 0.3) is 11.2 Å². The third-order valence-corrected chi connectivity index (χ3v) is 12.3. The molecule has 1 saturated heterocycles. The number of amides is 2. The van der Waals surface area contributed by atoms with Gasteiger partial charge in [-0.1, -0.05) is 58.2 Å². The topological polar surface area (TPSA) is 364 Å². The Morgan fingerprint density at radius 3 is 2.34 bits per heavy atom. The number of fused-ring (bicyclic) bond motifs is 1. The molecule has 1 fully saturated rings. The SMILES string of the molecule is CCCCCCCC(=O)SCCNC(=O)CCNC(=O)C(O)C(C)(C)COP(=O)(O)OP(=O)(O)OCC1OC(n2cnc3c(N)ncnc32)C(O)C1OP(=O)(O)O.[K]. The second kappa shape index (κ2) is 24.2. The number of anilines is 1. The van der Waals surface area contributed by atoms with Crippen molar-refractivity contribution in [2.75, 3.05) is 37.8 Å². The van der Waals surface area contributed by atoms with Gasteiger partial charge in [-0.3, -0.25) is 32.5 Å². The maximum atomic E-state index is 12.7. The first-order chi connectivity index (χ1) is 26.6. The summed E-state index contributed by atoms with van der Waals surface area (Å²) in [4.78, 5) is 87.6. The Kier molecular flexibility index (Phi) is 22.2. The molecule has 2 aromatic heterocycles. The summed E-state index contributed by atoms with van der Waals surface area (Å²) in [6.45, 7) is 2.67. The molecule has 2 amide bonds. The Morgan fingerprint density at radius 1 is 1.00 bits per heavy atom. The van der Waals surface area contributed by atoms with E-state index in [9.17, 15) is 57.9 Å². The number of carbonyl (C=O) groups is 3. The molecule has 0 aliphatic carbocycles. The number of phosphoric ester groups is 3. The van der Waals surface area contributed by atoms with Crippen molar-refractivity contribution in [3.05, 3.63) is 12.7 Å². The summed E-state index contributed by atoms with van der Waals surface area (Å²) >= 11 is 1.13. The fourth-order valence-electron chi connectivity index (χ4n) is 5.24. The summed E-state index contributed by atoms with van der Waals surface area (Å²) in [7, 11) is -16.4. The van der Waals surface area contributed by atoms with Crippen LogP contribution >= 0.6 is 35.2 Å². The van der Waals surface area contributed by atoms with Crippen molar-refractivity contribution in [3.8, 4) is 0 Å². The van der Waals surface area contributed by atoms with E-state index in [0.29, 0.717) is 12.2 Å². The smallest absolute Gasteiger partial charge is 0.386 e. The van der Waals surface area contributed by atoms with Crippen LogP contribution in [0.4, 0.5) is 5.82 Å². The summed E-state index contributed by atoms with van der Waals surface area (Å²) in [6.07, 6.45) is -1.22. The van der Waals surface area contributed by atoms with Crippen LogP contribution in [0, 0.1) is 5.41 Å². The first-order valence-electron chi connectivity index (χ1n) is 17.6. The summed E-state index contributed by atoms with van der Waals surface area (Å²) in [5.74, 6) is -1.03. The van der Waals surface area contributed by atoms with Gasteiger partial charge in [0, 0.05) is 88.5 Å². The van der Waals surface area contributed by atoms with Crippen LogP contribution in [0.1, 0.15) is 71.9 Å². The van der Waals surface area contributed by atoms with Crippen LogP contribution in [0.2, 0.25) is 0 Å². The summed E-state index contributed by atoms with van der Waals surface area (Å²) in [5, 5.41) is 26.5. The number of nitrogens with one attached hydrogen (secondary N) is 2. The van der Waals surface area contributed by atoms with Gasteiger partial charge in [-0.25, -0.2) is 28.6 Å². The molecule has 3 rings (SSSR count). The minimum absolute atomic E-state index is 0. The molecule has 1 aliphatic heterocycles. The minimum Gasteiger partial charge on any atom is -0.386 e. The standard InChI is InChI=1S/C29H50N7O17P3S.K/c1-4-5-6-7-8-9-20(38)57-13-12-31-19(37)10-11-32-27(41)24(40)29(2,3)15-50-56(47,48)53-55(45,46)49-14-18-23(52-54(42,43)44)22(39)28(51-18)36-17-35-21-25(30)33-16-34-26(21)36;/h16-18,22-24,28,39-40H,4-15H2,1-3H3,(H,31,37)(H,32,41)(H,45,46)(H,47,48)(H2,30,33,34)(H2,42,43,44);. The number of nitrogens with zero attached hydrogens (tertiary/aromatic N) is 4. The fraction of sp³-hybridized carbons (Fsp3) is 0.724. The van der Waals surface area contributed by atoms with E-state index in [1.807, 2.05) is 0 Å². The van der Waals surface area contributed by atoms with E-state index in [0.717, 1.165) is 61.1 Å². The van der Waals surface area contributed by atoms with E-state index >= 15 is 0 Å². The third kappa shape index (κ3) is 17.5. The normalized spacial score (nSPS) is 21.1. The number of aliphatic hydroxyl groups excluding tert-OH is 2. The number of hydrogen-bond acceptors (Lipinski definition) is 18. The molecular formula is C29H50KN7O17P3S. The van der Waals surface area contributed by atoms with Gasteiger partial charge < -0.3 is 50.9 Å². The zero-order chi connectivity index (χ0) is 42.6. The maximum Gasteiger partial charge on any atom is 0.481 e. The monoisotopic (exact) mass is 932 g/mol. The molecule has 29 heteroatoms. The zero-order valence-electron chi connectivity index (χ0n) is 32.3. The first kappa shape index (κ1) is 53.3. The van der Waals surface area contributed by atoms with Gasteiger partial charge in [-0.2, -0.15) is 4.31 Å². The fourth-order valence-corrected chi connectivity index (χ4v) is 8.79. The number of hydrogen-bond donors (Lipinski definition) is 9. The number of thioether (sulfide) groups is 1. The second-order valence-corrected chi connectivity index (χ2v) is 18.8. The first-order valence-corrected chi connectivity index (χ1v) is 23.1. The molecule has 24 nitrogen and oxygen atoms in total. The van der Waals surface area contributed by atoms with E-state index in [2.05, 4.69) is 41.3 Å². The summed E-state index contributed by atoms with van der Waals surface area (Å²) in [5.41, 5.74) is 4.27. The van der Waals surface area contributed by atoms with Crippen LogP contribution in [0.5, 0.6) is 0 Å². The Labute approximate surface area is 380 Å². The molecule has 325 valence electrons. The van der Waals surface area contributed by atoms with Crippen LogP contribution in [-0.2, 0) is 50.7 Å². The third-order valence-electron chi connectivity index (χ3n) is 8.25. The van der Waals surface area contributed by atoms with E-state index in [1.165, 1.54) is 13.8 Å². The van der Waals surface area contributed by atoms with Crippen molar-refractivity contribution in [2.24, 2.45) is 5.41 Å². The number of carbonyl (C=O) groups excluding carboxylic acids is 3. The largest absolute Gasteiger partial charge is 0.481 e. The molecule has 0 spiro atoms. The molecule has 58 heavy (non-hydrogen) atoms. The van der Waals surface area contributed by atoms with Crippen molar-refractivity contribution in [1.82, 2.24) is 30.2 Å². The van der Waals surface area contributed by atoms with Crippen molar-refractivity contribution < 1.29 is 80.5 Å². The number of nitrogen functional groups attached to an aromatic ring is 1. The maximum absolute atomic E-state index is 12.7. The van der Waals surface area contributed by atoms with Crippen LogP contribution in [-0.4, -0.2) is 174 Å². The van der Waals surface area contributed by atoms with Crippen LogP contribution < -0.4 is 16.4 Å². The molecule has 7 atom stereocenters. The van der Waals surface area contributed by atoms with Gasteiger partial charge in [0.05, 0.1) is 19.5 Å². The minimum atomic E-state index is -5.57. The van der Waals surface area contributed by atoms with Gasteiger partial charge in [0.25, 0.3) is 0 Å². The van der Waals surface area contributed by atoms with Gasteiger partial charge in [-0.15, -0.1) is 0 Å². The van der Waals surface area contributed by atoms with Crippen LogP contribution in [0.3, 0.4) is 0 Å². The Balaban J connectivity index is 0.0000116. The molecule has 10 N–H and O–H groups in total. The van der Waals surface area contributed by atoms with E-state index in [1.54, 1.807) is 0 Å². The summed E-state index contributed by atoms with van der Waals surface area (Å²) in [6, 6.07) is 0.